The van der Waals surface area contributed by atoms with Crippen LogP contribution in [0.5, 0.6) is 0 Å². The monoisotopic (exact) mass is 426 g/mol. The molecule has 1 aromatic heterocycles. The van der Waals surface area contributed by atoms with E-state index in [1.165, 1.54) is 17.3 Å². The number of H-pyrrole nitrogens is 1. The predicted octanol–water partition coefficient (Wildman–Crippen LogP) is 5.24. The van der Waals surface area contributed by atoms with E-state index in [4.69, 9.17) is 10.00 Å². The number of amides is 1. The van der Waals surface area contributed by atoms with Gasteiger partial charge in [0.2, 0.25) is 0 Å². The summed E-state index contributed by atoms with van der Waals surface area (Å²) in [5, 5.41) is 12.0. The van der Waals surface area contributed by atoms with Crippen LogP contribution in [0.25, 0.3) is 11.1 Å². The van der Waals surface area contributed by atoms with Gasteiger partial charge in [0.1, 0.15) is 11.8 Å². The summed E-state index contributed by atoms with van der Waals surface area (Å²) in [4.78, 5) is 19.6. The highest BCUT2D eigenvalue weighted by Crippen LogP contribution is 2.41. The molecule has 2 N–H and O–H groups in total. The number of anilines is 1. The standard InChI is InChI=1S/C26H26N4O2/c1-26(2)9-7-16(8-10-26)22-13-17(18-11-20-4-5-21(12-18)32-20)3-6-23(22)30-25(31)24-28-15-19(14-27)29-24/h3-7,11,13,15,20-21H,8-10,12H2,1-2H3,(H,28,29)(H,30,31)/t20?,21-/m0/s1. The molecule has 1 aliphatic carbocycles. The quantitative estimate of drug-likeness (QED) is 0.654. The van der Waals surface area contributed by atoms with Crippen LogP contribution in [0.4, 0.5) is 5.69 Å². The van der Waals surface area contributed by atoms with Crippen molar-refractivity contribution < 1.29 is 9.53 Å². The number of hydrogen-bond donors (Lipinski definition) is 2. The van der Waals surface area contributed by atoms with Crippen LogP contribution in [0.2, 0.25) is 0 Å². The van der Waals surface area contributed by atoms with E-state index < -0.39 is 0 Å². The van der Waals surface area contributed by atoms with Crippen LogP contribution in [0.1, 0.15) is 67.0 Å². The van der Waals surface area contributed by atoms with Gasteiger partial charge in [0, 0.05) is 17.7 Å². The van der Waals surface area contributed by atoms with Crippen LogP contribution in [0.3, 0.4) is 0 Å². The van der Waals surface area contributed by atoms with Gasteiger partial charge in [0.05, 0.1) is 18.4 Å². The second-order valence-electron chi connectivity index (χ2n) is 9.49. The minimum absolute atomic E-state index is 0.0505. The number of imidazole rings is 1. The summed E-state index contributed by atoms with van der Waals surface area (Å²) in [6.07, 6.45) is 14.2. The summed E-state index contributed by atoms with van der Waals surface area (Å²) in [6.45, 7) is 4.58. The van der Waals surface area contributed by atoms with Crippen molar-refractivity contribution in [2.75, 3.05) is 5.32 Å². The fraction of sp³-hybridized carbons (Fsp3) is 0.346. The van der Waals surface area contributed by atoms with Crippen molar-refractivity contribution in [2.24, 2.45) is 5.41 Å². The van der Waals surface area contributed by atoms with Crippen molar-refractivity contribution in [1.29, 1.82) is 5.26 Å². The molecule has 3 aliphatic rings. The summed E-state index contributed by atoms with van der Waals surface area (Å²) < 4.78 is 5.87. The number of fused-ring (bicyclic) bond motifs is 2. The van der Waals surface area contributed by atoms with Crippen molar-refractivity contribution in [1.82, 2.24) is 9.97 Å². The molecule has 162 valence electrons. The van der Waals surface area contributed by atoms with Crippen LogP contribution < -0.4 is 5.32 Å². The van der Waals surface area contributed by atoms with Crippen LogP contribution in [-0.2, 0) is 4.74 Å². The maximum atomic E-state index is 12.8. The van der Waals surface area contributed by atoms with E-state index in [-0.39, 0.29) is 29.6 Å². The van der Waals surface area contributed by atoms with Gasteiger partial charge in [-0.1, -0.05) is 38.1 Å². The van der Waals surface area contributed by atoms with Gasteiger partial charge in [0.15, 0.2) is 5.82 Å². The highest BCUT2D eigenvalue weighted by molar-refractivity contribution is 6.03. The highest BCUT2D eigenvalue weighted by atomic mass is 16.5. The lowest BCUT2D eigenvalue weighted by Gasteiger charge is -2.30. The van der Waals surface area contributed by atoms with E-state index in [0.717, 1.165) is 42.5 Å². The van der Waals surface area contributed by atoms with Gasteiger partial charge < -0.3 is 15.0 Å². The first-order valence-electron chi connectivity index (χ1n) is 11.0. The lowest BCUT2D eigenvalue weighted by Crippen LogP contribution is -2.18. The number of aromatic amines is 1. The van der Waals surface area contributed by atoms with Crippen LogP contribution in [0, 0.1) is 16.7 Å². The molecular formula is C26H26N4O2. The third kappa shape index (κ3) is 4.04. The van der Waals surface area contributed by atoms with Gasteiger partial charge in [-0.2, -0.15) is 5.26 Å². The van der Waals surface area contributed by atoms with Crippen molar-refractivity contribution in [3.63, 3.8) is 0 Å². The smallest absolute Gasteiger partial charge is 0.291 e. The number of ether oxygens (including phenoxy) is 1. The Labute approximate surface area is 187 Å². The third-order valence-corrected chi connectivity index (χ3v) is 6.50. The summed E-state index contributed by atoms with van der Waals surface area (Å²) >= 11 is 0. The number of nitrogens with zero attached hydrogens (tertiary/aromatic N) is 2. The topological polar surface area (TPSA) is 90.8 Å². The third-order valence-electron chi connectivity index (χ3n) is 6.50. The summed E-state index contributed by atoms with van der Waals surface area (Å²) in [7, 11) is 0. The zero-order valence-corrected chi connectivity index (χ0v) is 18.3. The molecule has 1 amide bonds. The Kier molecular flexibility index (Phi) is 5.07. The number of hydrogen-bond acceptors (Lipinski definition) is 4. The molecule has 2 aromatic rings. The molecule has 0 spiro atoms. The first kappa shape index (κ1) is 20.5. The first-order valence-corrected chi connectivity index (χ1v) is 11.0. The SMILES string of the molecule is CC1(C)CC=C(c2cc(C3=CC4C=C[C@@H](C3)O4)ccc2NC(=O)c2ncc(C#N)[nH]2)CC1. The largest absolute Gasteiger partial charge is 0.362 e. The average molecular weight is 427 g/mol. The number of benzene rings is 1. The molecule has 5 rings (SSSR count). The molecule has 1 aromatic carbocycles. The molecule has 0 radical (unpaired) electrons. The lowest BCUT2D eigenvalue weighted by atomic mass is 9.76. The molecule has 0 fully saturated rings. The molecule has 2 bridgehead atoms. The van der Waals surface area contributed by atoms with E-state index in [1.807, 2.05) is 12.1 Å². The van der Waals surface area contributed by atoms with Crippen LogP contribution in [0.15, 0.2) is 48.7 Å². The molecular weight excluding hydrogens is 400 g/mol. The number of nitrogens with one attached hydrogen (secondary N) is 2. The van der Waals surface area contributed by atoms with E-state index >= 15 is 0 Å². The lowest BCUT2D eigenvalue weighted by molar-refractivity contribution is 0.0829. The van der Waals surface area contributed by atoms with Gasteiger partial charge in [0.25, 0.3) is 5.91 Å². The zero-order valence-electron chi connectivity index (χ0n) is 18.3. The Morgan fingerprint density at radius 1 is 1.31 bits per heavy atom. The van der Waals surface area contributed by atoms with Crippen molar-refractivity contribution in [2.45, 2.75) is 51.7 Å². The molecule has 6 heteroatoms. The van der Waals surface area contributed by atoms with Gasteiger partial charge in [-0.25, -0.2) is 4.98 Å². The molecule has 0 saturated heterocycles. The molecule has 2 aliphatic heterocycles. The van der Waals surface area contributed by atoms with E-state index in [0.29, 0.717) is 5.41 Å². The highest BCUT2D eigenvalue weighted by Gasteiger charge is 2.27. The normalized spacial score (nSPS) is 23.3. The molecule has 32 heavy (non-hydrogen) atoms. The molecule has 2 atom stereocenters. The fourth-order valence-corrected chi connectivity index (χ4v) is 4.55. The summed E-state index contributed by atoms with van der Waals surface area (Å²) in [5.74, 6) is -0.227. The molecule has 1 unspecified atom stereocenters. The Bertz CT molecular complexity index is 1210. The summed E-state index contributed by atoms with van der Waals surface area (Å²) in [5.41, 5.74) is 6.05. The van der Waals surface area contributed by atoms with Crippen molar-refractivity contribution in [3.05, 3.63) is 71.3 Å². The minimum atomic E-state index is -0.357. The number of nitriles is 1. The van der Waals surface area contributed by atoms with Crippen molar-refractivity contribution >= 4 is 22.7 Å². The number of allylic oxidation sites excluding steroid dienone is 2. The van der Waals surface area contributed by atoms with Gasteiger partial charge >= 0.3 is 0 Å². The maximum absolute atomic E-state index is 12.8. The fourth-order valence-electron chi connectivity index (χ4n) is 4.55. The van der Waals surface area contributed by atoms with E-state index in [9.17, 15) is 4.79 Å². The maximum Gasteiger partial charge on any atom is 0.291 e. The number of carbonyl (C=O) groups excluding carboxylic acids is 1. The van der Waals surface area contributed by atoms with Gasteiger partial charge in [-0.05, 0) is 59.6 Å². The molecule has 0 saturated carbocycles. The Morgan fingerprint density at radius 3 is 2.91 bits per heavy atom. The van der Waals surface area contributed by atoms with E-state index in [1.54, 1.807) is 0 Å². The minimum Gasteiger partial charge on any atom is -0.362 e. The molecule has 3 heterocycles. The van der Waals surface area contributed by atoms with Crippen LogP contribution in [-0.4, -0.2) is 28.1 Å². The van der Waals surface area contributed by atoms with E-state index in [2.05, 4.69) is 65.6 Å². The van der Waals surface area contributed by atoms with Crippen molar-refractivity contribution in [3.8, 4) is 6.07 Å². The number of carbonyl (C=O) groups is 1. The summed E-state index contributed by atoms with van der Waals surface area (Å²) in [6, 6.07) is 8.19. The second-order valence-corrected chi connectivity index (χ2v) is 9.49. The van der Waals surface area contributed by atoms with Gasteiger partial charge in [-0.15, -0.1) is 0 Å². The second kappa shape index (κ2) is 7.92. The first-order chi connectivity index (χ1) is 15.4. The molecule has 6 nitrogen and oxygen atoms in total. The van der Waals surface area contributed by atoms with Gasteiger partial charge in [-0.3, -0.25) is 4.79 Å². The Morgan fingerprint density at radius 2 is 2.19 bits per heavy atom. The zero-order chi connectivity index (χ0) is 22.3. The number of rotatable bonds is 4. The average Bonchev–Trinajstić information content (AvgIpc) is 3.40. The van der Waals surface area contributed by atoms with Crippen LogP contribution >= 0.6 is 0 Å². The predicted molar refractivity (Wildman–Crippen MR) is 124 cm³/mol. The Balaban J connectivity index is 1.49. The number of aromatic nitrogens is 2. The Hall–Kier alpha value is -3.43.